The van der Waals surface area contributed by atoms with E-state index in [0.29, 0.717) is 17.4 Å². The lowest BCUT2D eigenvalue weighted by Crippen LogP contribution is -2.30. The highest BCUT2D eigenvalue weighted by Gasteiger charge is 2.21. The van der Waals surface area contributed by atoms with E-state index in [9.17, 15) is 4.79 Å². The predicted molar refractivity (Wildman–Crippen MR) is 71.6 cm³/mol. The Morgan fingerprint density at radius 3 is 2.78 bits per heavy atom. The summed E-state index contributed by atoms with van der Waals surface area (Å²) >= 11 is 0. The van der Waals surface area contributed by atoms with E-state index in [1.165, 1.54) is 12.8 Å². The van der Waals surface area contributed by atoms with Crippen molar-refractivity contribution in [1.29, 1.82) is 0 Å². The maximum Gasteiger partial charge on any atom is 0.257 e. The molecular formula is C14H20N2O2. The van der Waals surface area contributed by atoms with Crippen molar-refractivity contribution < 1.29 is 9.53 Å². The second-order valence-corrected chi connectivity index (χ2v) is 5.01. The number of nitrogens with one attached hydrogen (secondary N) is 1. The van der Waals surface area contributed by atoms with Gasteiger partial charge in [0.2, 0.25) is 0 Å². The average Bonchev–Trinajstić information content (AvgIpc) is 3.13. The van der Waals surface area contributed by atoms with Crippen LogP contribution in [0.4, 0.5) is 5.69 Å². The van der Waals surface area contributed by atoms with Gasteiger partial charge in [0.1, 0.15) is 5.75 Å². The van der Waals surface area contributed by atoms with Gasteiger partial charge < -0.3 is 15.8 Å². The zero-order valence-electron chi connectivity index (χ0n) is 11.0. The number of anilines is 1. The minimum absolute atomic E-state index is 0.0516. The minimum atomic E-state index is -0.0690. The van der Waals surface area contributed by atoms with E-state index in [4.69, 9.17) is 10.5 Å². The van der Waals surface area contributed by atoms with E-state index in [0.717, 1.165) is 17.7 Å². The monoisotopic (exact) mass is 248 g/mol. The molecule has 98 valence electrons. The third-order valence-corrected chi connectivity index (χ3v) is 3.21. The molecule has 1 aromatic carbocycles. The molecule has 0 aromatic heterocycles. The van der Waals surface area contributed by atoms with Crippen LogP contribution in [0.15, 0.2) is 12.1 Å². The number of rotatable bonds is 5. The molecule has 0 radical (unpaired) electrons. The molecule has 4 heteroatoms. The second-order valence-electron chi connectivity index (χ2n) is 5.01. The molecule has 0 heterocycles. The Bertz CT molecular complexity index is 453. The second kappa shape index (κ2) is 5.29. The van der Waals surface area contributed by atoms with Gasteiger partial charge in [-0.05, 0) is 43.7 Å². The molecule has 1 amide bonds. The summed E-state index contributed by atoms with van der Waals surface area (Å²) in [6, 6.07) is 3.74. The standard InChI is InChI=1S/C14H20N2O2/c1-9-5-10(2)13(6-12(9)15)18-8-14(17)16-7-11-3-4-11/h5-6,11H,3-4,7-8,15H2,1-2H3,(H,16,17). The number of aryl methyl sites for hydroxylation is 2. The van der Waals surface area contributed by atoms with Gasteiger partial charge in [0, 0.05) is 18.3 Å². The van der Waals surface area contributed by atoms with Gasteiger partial charge in [-0.1, -0.05) is 6.07 Å². The third-order valence-electron chi connectivity index (χ3n) is 3.21. The van der Waals surface area contributed by atoms with Gasteiger partial charge in [0.05, 0.1) is 0 Å². The molecule has 0 spiro atoms. The van der Waals surface area contributed by atoms with Crippen molar-refractivity contribution in [2.45, 2.75) is 26.7 Å². The SMILES string of the molecule is Cc1cc(C)c(OCC(=O)NCC2CC2)cc1N. The van der Waals surface area contributed by atoms with Crippen molar-refractivity contribution >= 4 is 11.6 Å². The average molecular weight is 248 g/mol. The summed E-state index contributed by atoms with van der Waals surface area (Å²) in [4.78, 5) is 11.5. The number of nitrogens with two attached hydrogens (primary N) is 1. The fourth-order valence-corrected chi connectivity index (χ4v) is 1.78. The largest absolute Gasteiger partial charge is 0.483 e. The first-order valence-electron chi connectivity index (χ1n) is 6.32. The van der Waals surface area contributed by atoms with Crippen molar-refractivity contribution in [1.82, 2.24) is 5.32 Å². The van der Waals surface area contributed by atoms with Crippen molar-refractivity contribution in [2.24, 2.45) is 5.92 Å². The molecule has 4 nitrogen and oxygen atoms in total. The molecule has 1 aromatic rings. The van der Waals surface area contributed by atoms with Gasteiger partial charge in [-0.3, -0.25) is 4.79 Å². The van der Waals surface area contributed by atoms with Crippen LogP contribution in [0.25, 0.3) is 0 Å². The Hall–Kier alpha value is -1.71. The summed E-state index contributed by atoms with van der Waals surface area (Å²) in [6.07, 6.45) is 2.46. The zero-order chi connectivity index (χ0) is 13.1. The molecule has 18 heavy (non-hydrogen) atoms. The Morgan fingerprint density at radius 2 is 2.11 bits per heavy atom. The number of carbonyl (C=O) groups is 1. The molecule has 0 bridgehead atoms. The number of nitrogen functional groups attached to an aromatic ring is 1. The number of hydrogen-bond acceptors (Lipinski definition) is 3. The maximum atomic E-state index is 11.5. The Kier molecular flexibility index (Phi) is 3.75. The predicted octanol–water partition coefficient (Wildman–Crippen LogP) is 1.79. The van der Waals surface area contributed by atoms with Gasteiger partial charge in [0.15, 0.2) is 6.61 Å². The van der Waals surface area contributed by atoms with Crippen LogP contribution >= 0.6 is 0 Å². The highest BCUT2D eigenvalue weighted by Crippen LogP contribution is 2.27. The van der Waals surface area contributed by atoms with Gasteiger partial charge in [-0.25, -0.2) is 0 Å². The van der Waals surface area contributed by atoms with Gasteiger partial charge in [-0.2, -0.15) is 0 Å². The van der Waals surface area contributed by atoms with Crippen LogP contribution in [0.2, 0.25) is 0 Å². The summed E-state index contributed by atoms with van der Waals surface area (Å²) in [7, 11) is 0. The number of hydrogen-bond donors (Lipinski definition) is 2. The Morgan fingerprint density at radius 1 is 1.39 bits per heavy atom. The Labute approximate surface area is 108 Å². The van der Waals surface area contributed by atoms with Crippen molar-refractivity contribution in [2.75, 3.05) is 18.9 Å². The van der Waals surface area contributed by atoms with Crippen molar-refractivity contribution in [3.8, 4) is 5.75 Å². The van der Waals surface area contributed by atoms with Crippen molar-refractivity contribution in [3.05, 3.63) is 23.3 Å². The number of ether oxygens (including phenoxy) is 1. The fourth-order valence-electron chi connectivity index (χ4n) is 1.78. The van der Waals surface area contributed by atoms with Gasteiger partial charge in [0.25, 0.3) is 5.91 Å². The summed E-state index contributed by atoms with van der Waals surface area (Å²) in [5, 5.41) is 2.87. The quantitative estimate of drug-likeness (QED) is 0.781. The minimum Gasteiger partial charge on any atom is -0.483 e. The molecule has 1 saturated carbocycles. The van der Waals surface area contributed by atoms with E-state index in [-0.39, 0.29) is 12.5 Å². The smallest absolute Gasteiger partial charge is 0.257 e. The maximum absolute atomic E-state index is 11.5. The summed E-state index contributed by atoms with van der Waals surface area (Å²) in [5.74, 6) is 1.30. The lowest BCUT2D eigenvalue weighted by Gasteiger charge is -2.11. The molecule has 1 aliphatic rings. The summed E-state index contributed by atoms with van der Waals surface area (Å²) in [6.45, 7) is 4.73. The lowest BCUT2D eigenvalue weighted by atomic mass is 10.1. The van der Waals surface area contributed by atoms with Gasteiger partial charge >= 0.3 is 0 Å². The first kappa shape index (κ1) is 12.7. The van der Waals surface area contributed by atoms with Crippen LogP contribution in [0.3, 0.4) is 0 Å². The van der Waals surface area contributed by atoms with Crippen LogP contribution in [0.5, 0.6) is 5.75 Å². The van der Waals surface area contributed by atoms with Crippen molar-refractivity contribution in [3.63, 3.8) is 0 Å². The zero-order valence-corrected chi connectivity index (χ0v) is 11.0. The van der Waals surface area contributed by atoms with Crippen LogP contribution in [-0.2, 0) is 4.79 Å². The van der Waals surface area contributed by atoms with E-state index in [2.05, 4.69) is 5.32 Å². The van der Waals surface area contributed by atoms with E-state index < -0.39 is 0 Å². The molecule has 0 saturated heterocycles. The van der Waals surface area contributed by atoms with E-state index >= 15 is 0 Å². The van der Waals surface area contributed by atoms with Crippen LogP contribution in [-0.4, -0.2) is 19.1 Å². The molecule has 0 atom stereocenters. The molecule has 0 aliphatic heterocycles. The van der Waals surface area contributed by atoms with Crippen LogP contribution in [0.1, 0.15) is 24.0 Å². The van der Waals surface area contributed by atoms with Gasteiger partial charge in [-0.15, -0.1) is 0 Å². The first-order chi connectivity index (χ1) is 8.56. The molecule has 2 rings (SSSR count). The summed E-state index contributed by atoms with van der Waals surface area (Å²) in [5.41, 5.74) is 8.53. The number of carbonyl (C=O) groups excluding carboxylic acids is 1. The number of amides is 1. The highest BCUT2D eigenvalue weighted by molar-refractivity contribution is 5.77. The Balaban J connectivity index is 1.84. The van der Waals surface area contributed by atoms with Crippen LogP contribution in [0, 0.1) is 19.8 Å². The molecule has 1 aliphatic carbocycles. The fraction of sp³-hybridized carbons (Fsp3) is 0.500. The van der Waals surface area contributed by atoms with E-state index in [1.807, 2.05) is 19.9 Å². The normalized spacial score (nSPS) is 14.3. The summed E-state index contributed by atoms with van der Waals surface area (Å²) < 4.78 is 5.50. The molecule has 1 fully saturated rings. The van der Waals surface area contributed by atoms with E-state index in [1.54, 1.807) is 6.07 Å². The number of benzene rings is 1. The molecular weight excluding hydrogens is 228 g/mol. The molecule has 3 N–H and O–H groups in total. The third kappa shape index (κ3) is 3.39. The topological polar surface area (TPSA) is 64.3 Å². The first-order valence-corrected chi connectivity index (χ1v) is 6.32. The van der Waals surface area contributed by atoms with Crippen LogP contribution < -0.4 is 15.8 Å². The lowest BCUT2D eigenvalue weighted by molar-refractivity contribution is -0.123. The highest BCUT2D eigenvalue weighted by atomic mass is 16.5. The molecule has 0 unspecified atom stereocenters.